The first-order chi connectivity index (χ1) is 10.2. The summed E-state index contributed by atoms with van der Waals surface area (Å²) >= 11 is 0. The van der Waals surface area contributed by atoms with E-state index in [1.54, 1.807) is 7.11 Å². The van der Waals surface area contributed by atoms with Crippen molar-refractivity contribution in [1.82, 2.24) is 5.32 Å². The van der Waals surface area contributed by atoms with E-state index in [-0.39, 0.29) is 6.04 Å². The highest BCUT2D eigenvalue weighted by Gasteiger charge is 2.17. The van der Waals surface area contributed by atoms with Crippen molar-refractivity contribution in [3.8, 4) is 0 Å². The summed E-state index contributed by atoms with van der Waals surface area (Å²) in [6.45, 7) is 7.92. The summed E-state index contributed by atoms with van der Waals surface area (Å²) in [5.74, 6) is 1.80. The molecule has 1 atom stereocenters. The average molecular weight is 287 g/mol. The lowest BCUT2D eigenvalue weighted by Gasteiger charge is -2.18. The molecule has 1 unspecified atom stereocenters. The molecule has 0 aliphatic carbocycles. The number of hydrogen-bond donors (Lipinski definition) is 1. The zero-order valence-electron chi connectivity index (χ0n) is 13.4. The number of methoxy groups -OCH3 is 1. The van der Waals surface area contributed by atoms with Gasteiger partial charge in [-0.1, -0.05) is 25.1 Å². The minimum Gasteiger partial charge on any atom is -0.462 e. The molecule has 1 heterocycles. The zero-order valence-corrected chi connectivity index (χ0v) is 13.4. The summed E-state index contributed by atoms with van der Waals surface area (Å²) in [6.07, 6.45) is 1.09. The van der Waals surface area contributed by atoms with E-state index in [0.717, 1.165) is 24.5 Å². The maximum atomic E-state index is 5.92. The van der Waals surface area contributed by atoms with Crippen LogP contribution in [0.3, 0.4) is 0 Å². The lowest BCUT2D eigenvalue weighted by Crippen LogP contribution is -2.23. The molecule has 0 saturated carbocycles. The first-order valence-corrected chi connectivity index (χ1v) is 7.53. The van der Waals surface area contributed by atoms with Gasteiger partial charge in [0.25, 0.3) is 0 Å². The Balaban J connectivity index is 2.29. The van der Waals surface area contributed by atoms with Gasteiger partial charge in [0.15, 0.2) is 0 Å². The SMILES string of the molecule is CCCNC(c1ccc(C)c(C)c1)c1ccc(COC)o1. The molecule has 114 valence electrons. The molecule has 3 heteroatoms. The fraction of sp³-hybridized carbons (Fsp3) is 0.444. The summed E-state index contributed by atoms with van der Waals surface area (Å²) in [7, 11) is 1.68. The van der Waals surface area contributed by atoms with Crippen LogP contribution in [0.5, 0.6) is 0 Å². The molecular formula is C18H25NO2. The average Bonchev–Trinajstić information content (AvgIpc) is 2.92. The molecule has 3 nitrogen and oxygen atoms in total. The molecule has 1 aromatic heterocycles. The summed E-state index contributed by atoms with van der Waals surface area (Å²) in [5.41, 5.74) is 3.86. The highest BCUT2D eigenvalue weighted by atomic mass is 16.5. The van der Waals surface area contributed by atoms with Gasteiger partial charge >= 0.3 is 0 Å². The van der Waals surface area contributed by atoms with Crippen LogP contribution in [0.1, 0.15) is 47.6 Å². The van der Waals surface area contributed by atoms with Gasteiger partial charge in [0.2, 0.25) is 0 Å². The zero-order chi connectivity index (χ0) is 15.2. The van der Waals surface area contributed by atoms with Crippen molar-refractivity contribution in [2.24, 2.45) is 0 Å². The maximum Gasteiger partial charge on any atom is 0.129 e. The summed E-state index contributed by atoms with van der Waals surface area (Å²) < 4.78 is 11.0. The Morgan fingerprint density at radius 1 is 1.14 bits per heavy atom. The number of nitrogens with one attached hydrogen (secondary N) is 1. The molecule has 0 aliphatic rings. The highest BCUT2D eigenvalue weighted by Crippen LogP contribution is 2.26. The molecule has 1 N–H and O–H groups in total. The Bertz CT molecular complexity index is 574. The standard InChI is InChI=1S/C18H25NO2/c1-5-10-19-18(15-7-6-13(2)14(3)11-15)17-9-8-16(21-17)12-20-4/h6-9,11,18-19H,5,10,12H2,1-4H3. The first-order valence-electron chi connectivity index (χ1n) is 7.53. The third-order valence-corrected chi connectivity index (χ3v) is 3.72. The second kappa shape index (κ2) is 7.43. The monoisotopic (exact) mass is 287 g/mol. The normalized spacial score (nSPS) is 12.6. The van der Waals surface area contributed by atoms with E-state index >= 15 is 0 Å². The Hall–Kier alpha value is -1.58. The summed E-state index contributed by atoms with van der Waals surface area (Å²) in [5, 5.41) is 3.57. The van der Waals surface area contributed by atoms with Gasteiger partial charge in [0, 0.05) is 7.11 Å². The topological polar surface area (TPSA) is 34.4 Å². The number of ether oxygens (including phenoxy) is 1. The third kappa shape index (κ3) is 3.96. The van der Waals surface area contributed by atoms with Crippen LogP contribution in [0.25, 0.3) is 0 Å². The lowest BCUT2D eigenvalue weighted by molar-refractivity contribution is 0.162. The third-order valence-electron chi connectivity index (χ3n) is 3.72. The molecule has 0 fully saturated rings. The van der Waals surface area contributed by atoms with Crippen molar-refractivity contribution in [3.63, 3.8) is 0 Å². The highest BCUT2D eigenvalue weighted by molar-refractivity contribution is 5.35. The van der Waals surface area contributed by atoms with Crippen molar-refractivity contribution in [2.75, 3.05) is 13.7 Å². The molecule has 0 amide bonds. The van der Waals surface area contributed by atoms with Gasteiger partial charge in [0.1, 0.15) is 18.1 Å². The van der Waals surface area contributed by atoms with Crippen LogP contribution in [0, 0.1) is 13.8 Å². The lowest BCUT2D eigenvalue weighted by atomic mass is 9.99. The molecular weight excluding hydrogens is 262 g/mol. The number of aryl methyl sites for hydroxylation is 2. The summed E-state index contributed by atoms with van der Waals surface area (Å²) in [4.78, 5) is 0. The predicted molar refractivity (Wildman–Crippen MR) is 85.5 cm³/mol. The van der Waals surface area contributed by atoms with Gasteiger partial charge in [-0.15, -0.1) is 0 Å². The Morgan fingerprint density at radius 2 is 1.95 bits per heavy atom. The van der Waals surface area contributed by atoms with Crippen molar-refractivity contribution in [1.29, 1.82) is 0 Å². The largest absolute Gasteiger partial charge is 0.462 e. The van der Waals surface area contributed by atoms with Gasteiger partial charge in [0.05, 0.1) is 6.04 Å². The maximum absolute atomic E-state index is 5.92. The van der Waals surface area contributed by atoms with E-state index in [1.165, 1.54) is 16.7 Å². The molecule has 2 aromatic rings. The van der Waals surface area contributed by atoms with Crippen LogP contribution in [0.4, 0.5) is 0 Å². The van der Waals surface area contributed by atoms with Crippen molar-refractivity contribution >= 4 is 0 Å². The van der Waals surface area contributed by atoms with E-state index in [1.807, 2.05) is 12.1 Å². The van der Waals surface area contributed by atoms with E-state index in [9.17, 15) is 0 Å². The fourth-order valence-electron chi connectivity index (χ4n) is 2.39. The first kappa shape index (κ1) is 15.8. The molecule has 1 aromatic carbocycles. The smallest absolute Gasteiger partial charge is 0.129 e. The quantitative estimate of drug-likeness (QED) is 0.831. The van der Waals surface area contributed by atoms with Gasteiger partial charge < -0.3 is 14.5 Å². The van der Waals surface area contributed by atoms with E-state index in [0.29, 0.717) is 6.61 Å². The Kier molecular flexibility index (Phi) is 5.59. The second-order valence-electron chi connectivity index (χ2n) is 5.47. The molecule has 0 aliphatic heterocycles. The van der Waals surface area contributed by atoms with Crippen LogP contribution in [0.2, 0.25) is 0 Å². The minimum atomic E-state index is 0.0925. The van der Waals surface area contributed by atoms with Crippen molar-refractivity contribution in [3.05, 3.63) is 58.5 Å². The van der Waals surface area contributed by atoms with Crippen LogP contribution < -0.4 is 5.32 Å². The molecule has 0 bridgehead atoms. The predicted octanol–water partition coefficient (Wildman–Crippen LogP) is 4.13. The van der Waals surface area contributed by atoms with Crippen molar-refractivity contribution < 1.29 is 9.15 Å². The molecule has 21 heavy (non-hydrogen) atoms. The van der Waals surface area contributed by atoms with Crippen LogP contribution in [0.15, 0.2) is 34.7 Å². The molecule has 2 rings (SSSR count). The minimum absolute atomic E-state index is 0.0925. The fourth-order valence-corrected chi connectivity index (χ4v) is 2.39. The Morgan fingerprint density at radius 3 is 2.62 bits per heavy atom. The van der Waals surface area contributed by atoms with Crippen LogP contribution >= 0.6 is 0 Å². The molecule has 0 saturated heterocycles. The molecule has 0 radical (unpaired) electrons. The number of rotatable bonds is 7. The van der Waals surface area contributed by atoms with Gasteiger partial charge in [-0.2, -0.15) is 0 Å². The van der Waals surface area contributed by atoms with E-state index < -0.39 is 0 Å². The number of hydrogen-bond acceptors (Lipinski definition) is 3. The van der Waals surface area contributed by atoms with Gasteiger partial charge in [-0.25, -0.2) is 0 Å². The van der Waals surface area contributed by atoms with Gasteiger partial charge in [-0.3, -0.25) is 0 Å². The second-order valence-corrected chi connectivity index (χ2v) is 5.47. The molecule has 0 spiro atoms. The van der Waals surface area contributed by atoms with Crippen LogP contribution in [-0.4, -0.2) is 13.7 Å². The number of benzene rings is 1. The van der Waals surface area contributed by atoms with E-state index in [4.69, 9.17) is 9.15 Å². The van der Waals surface area contributed by atoms with Crippen molar-refractivity contribution in [2.45, 2.75) is 39.8 Å². The van der Waals surface area contributed by atoms with Crippen LogP contribution in [-0.2, 0) is 11.3 Å². The summed E-state index contributed by atoms with van der Waals surface area (Å²) in [6, 6.07) is 10.7. The van der Waals surface area contributed by atoms with E-state index in [2.05, 4.69) is 44.3 Å². The van der Waals surface area contributed by atoms with Gasteiger partial charge in [-0.05, 0) is 55.6 Å². The number of furan rings is 1. The Labute approximate surface area is 127 Å².